The lowest BCUT2D eigenvalue weighted by Gasteiger charge is -2.34. The standard InChI is InChI=1S/C21H30N4O3/c26-18(5-4-16-15-22-10-11-23-16)25-12-8-20(9-13-25)14-17(20)24-19(27)21(28)6-2-1-3-7-21/h10-11,15,17,28H,1-9,12-14H2,(H,24,27). The van der Waals surface area contributed by atoms with Gasteiger partial charge in [0.05, 0.1) is 5.69 Å². The van der Waals surface area contributed by atoms with E-state index in [2.05, 4.69) is 15.3 Å². The van der Waals surface area contributed by atoms with Gasteiger partial charge in [-0.05, 0) is 43.9 Å². The van der Waals surface area contributed by atoms with Crippen LogP contribution >= 0.6 is 0 Å². The summed E-state index contributed by atoms with van der Waals surface area (Å²) in [5.74, 6) is -0.0187. The van der Waals surface area contributed by atoms with E-state index in [9.17, 15) is 14.7 Å². The highest BCUT2D eigenvalue weighted by Crippen LogP contribution is 2.54. The van der Waals surface area contributed by atoms with Crippen LogP contribution in [-0.2, 0) is 16.0 Å². The van der Waals surface area contributed by atoms with Crippen LogP contribution < -0.4 is 5.32 Å². The lowest BCUT2D eigenvalue weighted by Crippen LogP contribution is -2.50. The molecule has 2 aliphatic carbocycles. The minimum atomic E-state index is -1.17. The van der Waals surface area contributed by atoms with E-state index in [-0.39, 0.29) is 23.3 Å². The molecular weight excluding hydrogens is 356 g/mol. The van der Waals surface area contributed by atoms with Gasteiger partial charge in [-0.3, -0.25) is 19.6 Å². The Bertz CT molecular complexity index is 710. The molecule has 152 valence electrons. The van der Waals surface area contributed by atoms with Gasteiger partial charge in [0.15, 0.2) is 0 Å². The van der Waals surface area contributed by atoms with E-state index in [1.807, 2.05) is 4.90 Å². The summed E-state index contributed by atoms with van der Waals surface area (Å²) in [6.07, 6.45) is 13.0. The van der Waals surface area contributed by atoms with Crippen molar-refractivity contribution in [1.29, 1.82) is 0 Å². The Kier molecular flexibility index (Phi) is 5.36. The zero-order valence-corrected chi connectivity index (χ0v) is 16.4. The maximum absolute atomic E-state index is 12.6. The van der Waals surface area contributed by atoms with Crippen molar-refractivity contribution < 1.29 is 14.7 Å². The molecule has 3 aliphatic rings. The van der Waals surface area contributed by atoms with E-state index < -0.39 is 5.60 Å². The molecule has 0 aromatic carbocycles. The van der Waals surface area contributed by atoms with E-state index in [1.165, 1.54) is 0 Å². The molecule has 4 rings (SSSR count). The minimum absolute atomic E-state index is 0.127. The molecule has 0 bridgehead atoms. The second-order valence-electron chi connectivity index (χ2n) is 8.76. The number of piperidine rings is 1. The Balaban J connectivity index is 1.22. The SMILES string of the molecule is O=C(CCc1cnccn1)N1CCC2(CC1)CC2NC(=O)C1(O)CCCCC1. The fourth-order valence-electron chi connectivity index (χ4n) is 4.81. The van der Waals surface area contributed by atoms with Crippen molar-refractivity contribution in [1.82, 2.24) is 20.2 Å². The van der Waals surface area contributed by atoms with Crippen LogP contribution in [0.4, 0.5) is 0 Å². The van der Waals surface area contributed by atoms with Gasteiger partial charge in [-0.15, -0.1) is 0 Å². The zero-order chi connectivity index (χ0) is 19.6. The highest BCUT2D eigenvalue weighted by Gasteiger charge is 2.57. The first-order chi connectivity index (χ1) is 13.5. The smallest absolute Gasteiger partial charge is 0.252 e. The summed E-state index contributed by atoms with van der Waals surface area (Å²) in [6.45, 7) is 1.49. The average molecular weight is 386 g/mol. The van der Waals surface area contributed by atoms with Crippen LogP contribution in [0, 0.1) is 5.41 Å². The summed E-state index contributed by atoms with van der Waals surface area (Å²) < 4.78 is 0. The zero-order valence-electron chi connectivity index (χ0n) is 16.4. The minimum Gasteiger partial charge on any atom is -0.380 e. The van der Waals surface area contributed by atoms with Gasteiger partial charge in [-0.25, -0.2) is 0 Å². The lowest BCUT2D eigenvalue weighted by atomic mass is 9.84. The Labute approximate surface area is 165 Å². The second-order valence-corrected chi connectivity index (χ2v) is 8.76. The number of rotatable bonds is 5. The Morgan fingerprint density at radius 1 is 1.14 bits per heavy atom. The van der Waals surface area contributed by atoms with Gasteiger partial charge in [0.25, 0.3) is 5.91 Å². The first-order valence-electron chi connectivity index (χ1n) is 10.6. The Morgan fingerprint density at radius 2 is 1.89 bits per heavy atom. The first-order valence-corrected chi connectivity index (χ1v) is 10.6. The normalized spacial score (nSPS) is 25.3. The maximum atomic E-state index is 12.6. The topological polar surface area (TPSA) is 95.4 Å². The van der Waals surface area contributed by atoms with Crippen LogP contribution in [-0.4, -0.2) is 56.5 Å². The maximum Gasteiger partial charge on any atom is 0.252 e. The summed E-state index contributed by atoms with van der Waals surface area (Å²) in [6, 6.07) is 0.155. The van der Waals surface area contributed by atoms with Gasteiger partial charge < -0.3 is 15.3 Å². The van der Waals surface area contributed by atoms with Crippen LogP contribution in [0.2, 0.25) is 0 Å². The summed E-state index contributed by atoms with van der Waals surface area (Å²) in [7, 11) is 0. The molecule has 0 radical (unpaired) electrons. The molecular formula is C21H30N4O3. The highest BCUT2D eigenvalue weighted by molar-refractivity contribution is 5.85. The predicted molar refractivity (Wildman–Crippen MR) is 103 cm³/mol. The van der Waals surface area contributed by atoms with Crippen molar-refractivity contribution in [3.05, 3.63) is 24.3 Å². The molecule has 2 heterocycles. The number of carbonyl (C=O) groups is 2. The summed E-state index contributed by atoms with van der Waals surface area (Å²) in [5, 5.41) is 13.7. The predicted octanol–water partition coefficient (Wildman–Crippen LogP) is 1.60. The number of likely N-dealkylation sites (tertiary alicyclic amines) is 1. The number of aryl methyl sites for hydroxylation is 1. The second kappa shape index (κ2) is 7.78. The fraction of sp³-hybridized carbons (Fsp3) is 0.714. The van der Waals surface area contributed by atoms with E-state index in [0.29, 0.717) is 25.7 Å². The molecule has 2 amide bonds. The van der Waals surface area contributed by atoms with Gasteiger partial charge in [0.1, 0.15) is 5.60 Å². The third kappa shape index (κ3) is 4.04. The number of hydrogen-bond acceptors (Lipinski definition) is 5. The summed E-state index contributed by atoms with van der Waals surface area (Å²) >= 11 is 0. The van der Waals surface area contributed by atoms with Crippen LogP contribution in [0.25, 0.3) is 0 Å². The van der Waals surface area contributed by atoms with Crippen molar-refractivity contribution in [2.75, 3.05) is 13.1 Å². The van der Waals surface area contributed by atoms with Gasteiger partial charge in [-0.2, -0.15) is 0 Å². The molecule has 1 unspecified atom stereocenters. The average Bonchev–Trinajstić information content (AvgIpc) is 3.38. The molecule has 28 heavy (non-hydrogen) atoms. The third-order valence-electron chi connectivity index (χ3n) is 6.92. The molecule has 1 aromatic heterocycles. The van der Waals surface area contributed by atoms with Crippen molar-refractivity contribution in [2.45, 2.75) is 75.9 Å². The fourth-order valence-corrected chi connectivity index (χ4v) is 4.81. The molecule has 7 heteroatoms. The molecule has 1 saturated heterocycles. The first kappa shape index (κ1) is 19.3. The van der Waals surface area contributed by atoms with Gasteiger partial charge in [-0.1, -0.05) is 19.3 Å². The molecule has 1 atom stereocenters. The summed E-state index contributed by atoms with van der Waals surface area (Å²) in [5.41, 5.74) is -0.198. The number of carbonyl (C=O) groups excluding carboxylic acids is 2. The van der Waals surface area contributed by atoms with Gasteiger partial charge in [0, 0.05) is 44.1 Å². The van der Waals surface area contributed by atoms with E-state index in [4.69, 9.17) is 0 Å². The van der Waals surface area contributed by atoms with E-state index in [0.717, 1.165) is 57.3 Å². The van der Waals surface area contributed by atoms with Crippen molar-refractivity contribution in [3.63, 3.8) is 0 Å². The van der Waals surface area contributed by atoms with Gasteiger partial charge >= 0.3 is 0 Å². The van der Waals surface area contributed by atoms with Crippen molar-refractivity contribution >= 4 is 11.8 Å². The lowest BCUT2D eigenvalue weighted by molar-refractivity contribution is -0.143. The number of nitrogens with one attached hydrogen (secondary N) is 1. The number of hydrogen-bond donors (Lipinski definition) is 2. The third-order valence-corrected chi connectivity index (χ3v) is 6.92. The number of amides is 2. The highest BCUT2D eigenvalue weighted by atomic mass is 16.3. The van der Waals surface area contributed by atoms with Crippen molar-refractivity contribution in [2.24, 2.45) is 5.41 Å². The van der Waals surface area contributed by atoms with E-state index >= 15 is 0 Å². The van der Waals surface area contributed by atoms with Crippen LogP contribution in [0.15, 0.2) is 18.6 Å². The Morgan fingerprint density at radius 3 is 2.57 bits per heavy atom. The van der Waals surface area contributed by atoms with E-state index in [1.54, 1.807) is 18.6 Å². The van der Waals surface area contributed by atoms with Gasteiger partial charge in [0.2, 0.25) is 5.91 Å². The number of aromatic nitrogens is 2. The van der Waals surface area contributed by atoms with Crippen LogP contribution in [0.1, 0.15) is 63.5 Å². The molecule has 7 nitrogen and oxygen atoms in total. The quantitative estimate of drug-likeness (QED) is 0.801. The molecule has 3 fully saturated rings. The number of aliphatic hydroxyl groups is 1. The summed E-state index contributed by atoms with van der Waals surface area (Å²) in [4.78, 5) is 35.2. The Hall–Kier alpha value is -2.02. The van der Waals surface area contributed by atoms with Crippen LogP contribution in [0.5, 0.6) is 0 Å². The molecule has 2 saturated carbocycles. The van der Waals surface area contributed by atoms with Crippen LogP contribution in [0.3, 0.4) is 0 Å². The monoisotopic (exact) mass is 386 g/mol. The molecule has 2 N–H and O–H groups in total. The molecule has 1 spiro atoms. The largest absolute Gasteiger partial charge is 0.380 e. The molecule has 1 aromatic rings. The van der Waals surface area contributed by atoms with Crippen molar-refractivity contribution in [3.8, 4) is 0 Å². The molecule has 1 aliphatic heterocycles. The number of nitrogens with zero attached hydrogens (tertiary/aromatic N) is 3.